The van der Waals surface area contributed by atoms with Gasteiger partial charge in [0, 0.05) is 11.3 Å². The molecule has 2 heterocycles. The Balaban J connectivity index is 1.91. The maximum Gasteiger partial charge on any atom is 0.296 e. The molecule has 0 radical (unpaired) electrons. The molecule has 0 fully saturated rings. The van der Waals surface area contributed by atoms with E-state index in [0.29, 0.717) is 23.7 Å². The summed E-state index contributed by atoms with van der Waals surface area (Å²) in [6.07, 6.45) is -2.72. The molecule has 0 saturated carbocycles. The molecule has 0 bridgehead atoms. The Kier molecular flexibility index (Phi) is 5.90. The number of anilines is 1. The fourth-order valence-electron chi connectivity index (χ4n) is 3.15. The number of pyridine rings is 1. The number of hydrogen-bond acceptors (Lipinski definition) is 6. The smallest absolute Gasteiger partial charge is 0.296 e. The van der Waals surface area contributed by atoms with Crippen LogP contribution in [0.15, 0.2) is 24.3 Å². The topological polar surface area (TPSA) is 112 Å². The SMILES string of the molecule is CCOc1ccc(NC(=O)Cn2nc(C)c3c(C(F)F)cc(C)nc32)c([N+](=O)[O-])c1. The van der Waals surface area contributed by atoms with E-state index >= 15 is 0 Å². The summed E-state index contributed by atoms with van der Waals surface area (Å²) in [5.41, 5.74) is 0.279. The summed E-state index contributed by atoms with van der Waals surface area (Å²) < 4.78 is 33.3. The molecule has 1 N–H and O–H groups in total. The van der Waals surface area contributed by atoms with E-state index < -0.39 is 17.3 Å². The lowest BCUT2D eigenvalue weighted by atomic mass is 10.1. The number of nitrogens with one attached hydrogen (secondary N) is 1. The van der Waals surface area contributed by atoms with Gasteiger partial charge >= 0.3 is 0 Å². The number of benzene rings is 1. The van der Waals surface area contributed by atoms with Gasteiger partial charge in [-0.3, -0.25) is 14.9 Å². The second kappa shape index (κ2) is 8.39. The largest absolute Gasteiger partial charge is 0.494 e. The van der Waals surface area contributed by atoms with Crippen LogP contribution < -0.4 is 10.1 Å². The van der Waals surface area contributed by atoms with Crippen LogP contribution in [-0.4, -0.2) is 32.2 Å². The van der Waals surface area contributed by atoms with Gasteiger partial charge in [0.2, 0.25) is 5.91 Å². The van der Waals surface area contributed by atoms with Crippen LogP contribution in [0.2, 0.25) is 0 Å². The molecule has 0 aliphatic rings. The quantitative estimate of drug-likeness (QED) is 0.459. The van der Waals surface area contributed by atoms with Crippen LogP contribution in [-0.2, 0) is 11.3 Å². The maximum atomic E-state index is 13.4. The second-order valence-electron chi connectivity index (χ2n) is 6.51. The highest BCUT2D eigenvalue weighted by Gasteiger charge is 2.22. The van der Waals surface area contributed by atoms with E-state index in [2.05, 4.69) is 15.4 Å². The first-order valence-electron chi connectivity index (χ1n) is 9.05. The van der Waals surface area contributed by atoms with E-state index in [1.165, 1.54) is 28.9 Å². The zero-order valence-corrected chi connectivity index (χ0v) is 16.5. The summed E-state index contributed by atoms with van der Waals surface area (Å²) in [6.45, 7) is 4.85. The van der Waals surface area contributed by atoms with Gasteiger partial charge in [0.05, 0.1) is 28.7 Å². The van der Waals surface area contributed by atoms with Gasteiger partial charge in [-0.05, 0) is 39.0 Å². The van der Waals surface area contributed by atoms with E-state index in [9.17, 15) is 23.7 Å². The van der Waals surface area contributed by atoms with E-state index in [-0.39, 0.29) is 34.5 Å². The fraction of sp³-hybridized carbons (Fsp3) is 0.316. The molecule has 1 amide bonds. The van der Waals surface area contributed by atoms with Crippen LogP contribution in [0.3, 0.4) is 0 Å². The zero-order valence-electron chi connectivity index (χ0n) is 16.5. The Labute approximate surface area is 169 Å². The highest BCUT2D eigenvalue weighted by atomic mass is 19.3. The summed E-state index contributed by atoms with van der Waals surface area (Å²) >= 11 is 0. The molecule has 0 aliphatic heterocycles. The van der Waals surface area contributed by atoms with Crippen molar-refractivity contribution in [1.29, 1.82) is 0 Å². The number of nitro groups is 1. The molecule has 0 saturated heterocycles. The summed E-state index contributed by atoms with van der Waals surface area (Å²) in [5, 5.41) is 18.1. The van der Waals surface area contributed by atoms with Gasteiger partial charge in [-0.25, -0.2) is 18.4 Å². The van der Waals surface area contributed by atoms with Crippen LogP contribution in [0.1, 0.15) is 30.3 Å². The van der Waals surface area contributed by atoms with E-state index in [1.54, 1.807) is 20.8 Å². The lowest BCUT2D eigenvalue weighted by molar-refractivity contribution is -0.384. The lowest BCUT2D eigenvalue weighted by Crippen LogP contribution is -2.20. The van der Waals surface area contributed by atoms with Crippen LogP contribution in [0.25, 0.3) is 11.0 Å². The van der Waals surface area contributed by atoms with Gasteiger partial charge in [-0.1, -0.05) is 0 Å². The van der Waals surface area contributed by atoms with Gasteiger partial charge < -0.3 is 10.1 Å². The summed E-state index contributed by atoms with van der Waals surface area (Å²) in [5.74, 6) is -0.316. The third-order valence-corrected chi connectivity index (χ3v) is 4.32. The highest BCUT2D eigenvalue weighted by molar-refractivity contribution is 5.94. The molecular formula is C19H19F2N5O4. The number of amides is 1. The molecule has 30 heavy (non-hydrogen) atoms. The second-order valence-corrected chi connectivity index (χ2v) is 6.51. The molecule has 3 rings (SSSR count). The third kappa shape index (κ3) is 4.19. The Morgan fingerprint density at radius 1 is 1.33 bits per heavy atom. The number of alkyl halides is 2. The number of rotatable bonds is 7. The van der Waals surface area contributed by atoms with Gasteiger partial charge in [0.15, 0.2) is 5.65 Å². The van der Waals surface area contributed by atoms with Gasteiger partial charge in [0.25, 0.3) is 12.1 Å². The number of nitro benzene ring substituents is 1. The molecule has 158 valence electrons. The molecule has 0 unspecified atom stereocenters. The van der Waals surface area contributed by atoms with Crippen molar-refractivity contribution in [2.45, 2.75) is 33.7 Å². The van der Waals surface area contributed by atoms with E-state index in [1.807, 2.05) is 0 Å². The molecule has 0 spiro atoms. The summed E-state index contributed by atoms with van der Waals surface area (Å²) in [4.78, 5) is 27.5. The minimum atomic E-state index is -2.72. The number of carbonyl (C=O) groups is 1. The van der Waals surface area contributed by atoms with Crippen molar-refractivity contribution in [1.82, 2.24) is 14.8 Å². The predicted octanol–water partition coefficient (Wildman–Crippen LogP) is 3.93. The van der Waals surface area contributed by atoms with Gasteiger partial charge in [-0.15, -0.1) is 0 Å². The first-order chi connectivity index (χ1) is 14.2. The number of aromatic nitrogens is 3. The number of fused-ring (bicyclic) bond motifs is 1. The van der Waals surface area contributed by atoms with Crippen molar-refractivity contribution < 1.29 is 23.2 Å². The average Bonchev–Trinajstić information content (AvgIpc) is 2.97. The van der Waals surface area contributed by atoms with Crippen molar-refractivity contribution in [3.05, 3.63) is 51.3 Å². The fourth-order valence-corrected chi connectivity index (χ4v) is 3.15. The minimum absolute atomic E-state index is 0.0148. The molecule has 1 aromatic carbocycles. The molecule has 0 aliphatic carbocycles. The van der Waals surface area contributed by atoms with Gasteiger partial charge in [0.1, 0.15) is 18.0 Å². The first kappa shape index (κ1) is 21.1. The normalized spacial score (nSPS) is 11.1. The molecular weight excluding hydrogens is 400 g/mol. The Bertz CT molecular complexity index is 1130. The van der Waals surface area contributed by atoms with Crippen molar-refractivity contribution in [2.75, 3.05) is 11.9 Å². The van der Waals surface area contributed by atoms with Crippen molar-refractivity contribution in [2.24, 2.45) is 0 Å². The highest BCUT2D eigenvalue weighted by Crippen LogP contribution is 2.31. The molecule has 0 atom stereocenters. The van der Waals surface area contributed by atoms with Crippen LogP contribution in [0.4, 0.5) is 20.2 Å². The third-order valence-electron chi connectivity index (χ3n) is 4.32. The monoisotopic (exact) mass is 419 g/mol. The van der Waals surface area contributed by atoms with Gasteiger partial charge in [-0.2, -0.15) is 5.10 Å². The van der Waals surface area contributed by atoms with Crippen LogP contribution in [0, 0.1) is 24.0 Å². The Morgan fingerprint density at radius 3 is 2.70 bits per heavy atom. The van der Waals surface area contributed by atoms with Crippen molar-refractivity contribution in [3.63, 3.8) is 0 Å². The average molecular weight is 419 g/mol. The zero-order chi connectivity index (χ0) is 22.0. The number of nitrogens with zero attached hydrogens (tertiary/aromatic N) is 4. The lowest BCUT2D eigenvalue weighted by Gasteiger charge is -2.09. The maximum absolute atomic E-state index is 13.4. The number of carbonyl (C=O) groups excluding carboxylic acids is 1. The van der Waals surface area contributed by atoms with Crippen molar-refractivity contribution >= 4 is 28.3 Å². The van der Waals surface area contributed by atoms with Crippen molar-refractivity contribution in [3.8, 4) is 5.75 Å². The van der Waals surface area contributed by atoms with E-state index in [4.69, 9.17) is 4.74 Å². The molecule has 2 aromatic heterocycles. The standard InChI is InChI=1S/C19H19F2N5O4/c1-4-30-12-5-6-14(15(8-12)26(28)29)23-16(27)9-25-19-17(11(3)24-25)13(18(20)21)7-10(2)22-19/h5-8,18H,4,9H2,1-3H3,(H,23,27). The molecule has 9 nitrogen and oxygen atoms in total. The first-order valence-corrected chi connectivity index (χ1v) is 9.05. The van der Waals surface area contributed by atoms with E-state index in [0.717, 1.165) is 0 Å². The van der Waals surface area contributed by atoms with Crippen LogP contribution >= 0.6 is 0 Å². The number of halogens is 2. The molecule has 3 aromatic rings. The predicted molar refractivity (Wildman–Crippen MR) is 105 cm³/mol. The number of aryl methyl sites for hydroxylation is 2. The Morgan fingerprint density at radius 2 is 2.07 bits per heavy atom. The summed E-state index contributed by atoms with van der Waals surface area (Å²) in [7, 11) is 0. The molecule has 11 heteroatoms. The number of hydrogen-bond donors (Lipinski definition) is 1. The summed E-state index contributed by atoms with van der Waals surface area (Å²) in [6, 6.07) is 5.37. The number of ether oxygens (including phenoxy) is 1. The Hall–Kier alpha value is -3.63. The van der Waals surface area contributed by atoms with Crippen LogP contribution in [0.5, 0.6) is 5.75 Å². The minimum Gasteiger partial charge on any atom is -0.494 e.